The van der Waals surface area contributed by atoms with E-state index in [-0.39, 0.29) is 24.5 Å². The molecule has 0 radical (unpaired) electrons. The minimum Gasteiger partial charge on any atom is -0.368 e. The molecule has 0 aliphatic carbocycles. The molecule has 0 unspecified atom stereocenters. The lowest BCUT2D eigenvalue weighted by atomic mass is 10.0. The van der Waals surface area contributed by atoms with E-state index in [9.17, 15) is 14.4 Å². The molecular formula is C24H28N4O4. The van der Waals surface area contributed by atoms with Crippen LogP contribution in [0.25, 0.3) is 11.1 Å². The number of morpholine rings is 1. The van der Waals surface area contributed by atoms with Crippen molar-refractivity contribution >= 4 is 17.7 Å². The van der Waals surface area contributed by atoms with Gasteiger partial charge in [-0.3, -0.25) is 19.4 Å². The number of likely N-dealkylation sites (tertiary alicyclic amines) is 1. The zero-order valence-electron chi connectivity index (χ0n) is 18.0. The summed E-state index contributed by atoms with van der Waals surface area (Å²) in [7, 11) is 0. The molecule has 2 aromatic rings. The van der Waals surface area contributed by atoms with E-state index in [2.05, 4.69) is 4.98 Å². The number of aromatic nitrogens is 1. The van der Waals surface area contributed by atoms with E-state index in [4.69, 9.17) is 10.5 Å². The number of hydrogen-bond acceptors (Lipinski definition) is 5. The largest absolute Gasteiger partial charge is 0.368 e. The second kappa shape index (κ2) is 9.91. The fraction of sp³-hybridized carbons (Fsp3) is 0.417. The summed E-state index contributed by atoms with van der Waals surface area (Å²) < 4.78 is 5.87. The Morgan fingerprint density at radius 3 is 2.75 bits per heavy atom. The van der Waals surface area contributed by atoms with Gasteiger partial charge >= 0.3 is 0 Å². The SMILES string of the molecule is NC(=O)c1cccc(-c2ccc([C@H]3CN(C(=O)CN4CCCCCC4=O)CCO3)nc2)c1. The van der Waals surface area contributed by atoms with Crippen molar-refractivity contribution in [2.75, 3.05) is 32.8 Å². The molecule has 2 N–H and O–H groups in total. The van der Waals surface area contributed by atoms with Crippen molar-refractivity contribution in [3.05, 3.63) is 53.9 Å². The molecule has 2 aliphatic rings. The molecule has 4 rings (SSSR count). The van der Waals surface area contributed by atoms with Crippen molar-refractivity contribution in [1.29, 1.82) is 0 Å². The molecule has 3 amide bonds. The summed E-state index contributed by atoms with van der Waals surface area (Å²) in [6.45, 7) is 2.13. The summed E-state index contributed by atoms with van der Waals surface area (Å²) >= 11 is 0. The summed E-state index contributed by atoms with van der Waals surface area (Å²) in [5, 5.41) is 0. The van der Waals surface area contributed by atoms with Gasteiger partial charge in [-0.2, -0.15) is 0 Å². The van der Waals surface area contributed by atoms with Crippen molar-refractivity contribution in [2.45, 2.75) is 31.8 Å². The minimum atomic E-state index is -0.473. The second-order valence-corrected chi connectivity index (χ2v) is 8.24. The van der Waals surface area contributed by atoms with Crippen LogP contribution in [0.3, 0.4) is 0 Å². The number of hydrogen-bond donors (Lipinski definition) is 1. The Balaban J connectivity index is 1.41. The van der Waals surface area contributed by atoms with E-state index < -0.39 is 5.91 Å². The van der Waals surface area contributed by atoms with Gasteiger partial charge in [0.2, 0.25) is 17.7 Å². The van der Waals surface area contributed by atoms with Crippen LogP contribution in [0.15, 0.2) is 42.6 Å². The average Bonchev–Trinajstić information content (AvgIpc) is 3.03. The molecule has 2 aliphatic heterocycles. The van der Waals surface area contributed by atoms with Gasteiger partial charge in [-0.1, -0.05) is 24.6 Å². The number of benzene rings is 1. The van der Waals surface area contributed by atoms with E-state index >= 15 is 0 Å². The molecule has 0 spiro atoms. The number of primary amides is 1. The predicted molar refractivity (Wildman–Crippen MR) is 119 cm³/mol. The molecule has 2 fully saturated rings. The molecular weight excluding hydrogens is 408 g/mol. The first-order chi connectivity index (χ1) is 15.5. The third-order valence-corrected chi connectivity index (χ3v) is 6.01. The van der Waals surface area contributed by atoms with Crippen LogP contribution < -0.4 is 5.73 Å². The van der Waals surface area contributed by atoms with Gasteiger partial charge in [-0.05, 0) is 36.6 Å². The van der Waals surface area contributed by atoms with E-state index in [0.29, 0.717) is 38.2 Å². The van der Waals surface area contributed by atoms with Gasteiger partial charge in [0.15, 0.2) is 0 Å². The topological polar surface area (TPSA) is 106 Å². The third kappa shape index (κ3) is 5.13. The summed E-state index contributed by atoms with van der Waals surface area (Å²) in [6, 6.07) is 10.9. The molecule has 32 heavy (non-hydrogen) atoms. The Morgan fingerprint density at radius 1 is 1.09 bits per heavy atom. The van der Waals surface area contributed by atoms with E-state index in [1.807, 2.05) is 18.2 Å². The fourth-order valence-electron chi connectivity index (χ4n) is 4.14. The van der Waals surface area contributed by atoms with Crippen LogP contribution in [-0.4, -0.2) is 65.3 Å². The molecule has 168 valence electrons. The maximum absolute atomic E-state index is 12.8. The van der Waals surface area contributed by atoms with Crippen LogP contribution >= 0.6 is 0 Å². The van der Waals surface area contributed by atoms with Crippen molar-refractivity contribution in [3.63, 3.8) is 0 Å². The second-order valence-electron chi connectivity index (χ2n) is 8.24. The van der Waals surface area contributed by atoms with Crippen molar-refractivity contribution in [2.24, 2.45) is 5.73 Å². The Bertz CT molecular complexity index is 992. The highest BCUT2D eigenvalue weighted by Crippen LogP contribution is 2.25. The van der Waals surface area contributed by atoms with Crippen molar-refractivity contribution in [1.82, 2.24) is 14.8 Å². The Kier molecular flexibility index (Phi) is 6.80. The van der Waals surface area contributed by atoms with Crippen LogP contribution in [-0.2, 0) is 14.3 Å². The summed E-state index contributed by atoms with van der Waals surface area (Å²) in [4.78, 5) is 44.5. The van der Waals surface area contributed by atoms with Gasteiger partial charge in [0, 0.05) is 36.8 Å². The number of pyridine rings is 1. The molecule has 0 saturated carbocycles. The number of carbonyl (C=O) groups is 3. The number of amides is 3. The standard InChI is InChI=1S/C24H28N4O4/c25-24(31)18-6-4-5-17(13-18)19-8-9-20(26-14-19)21-15-28(11-12-32-21)23(30)16-27-10-3-1-2-7-22(27)29/h4-6,8-9,13-14,21H,1-3,7,10-12,15-16H2,(H2,25,31)/t21-/m1/s1. The van der Waals surface area contributed by atoms with Gasteiger partial charge in [-0.25, -0.2) is 0 Å². The van der Waals surface area contributed by atoms with Gasteiger partial charge in [0.05, 0.1) is 25.4 Å². The van der Waals surface area contributed by atoms with Crippen LogP contribution in [0.1, 0.15) is 47.8 Å². The highest BCUT2D eigenvalue weighted by Gasteiger charge is 2.28. The van der Waals surface area contributed by atoms with Crippen LogP contribution in [0, 0.1) is 0 Å². The van der Waals surface area contributed by atoms with Crippen LogP contribution in [0.2, 0.25) is 0 Å². The molecule has 8 heteroatoms. The molecule has 1 aromatic heterocycles. The summed E-state index contributed by atoms with van der Waals surface area (Å²) in [5.74, 6) is -0.453. The third-order valence-electron chi connectivity index (χ3n) is 6.01. The Hall–Kier alpha value is -3.26. The fourth-order valence-corrected chi connectivity index (χ4v) is 4.14. The Morgan fingerprint density at radius 2 is 1.97 bits per heavy atom. The highest BCUT2D eigenvalue weighted by atomic mass is 16.5. The van der Waals surface area contributed by atoms with E-state index in [1.54, 1.807) is 34.2 Å². The summed E-state index contributed by atoms with van der Waals surface area (Å²) in [5.41, 5.74) is 8.26. The zero-order chi connectivity index (χ0) is 22.5. The quantitative estimate of drug-likeness (QED) is 0.773. The number of carbonyl (C=O) groups excluding carboxylic acids is 3. The highest BCUT2D eigenvalue weighted by molar-refractivity contribution is 5.94. The number of nitrogens with zero attached hydrogens (tertiary/aromatic N) is 3. The van der Waals surface area contributed by atoms with Crippen molar-refractivity contribution < 1.29 is 19.1 Å². The first kappa shape index (κ1) is 22.0. The van der Waals surface area contributed by atoms with Crippen molar-refractivity contribution in [3.8, 4) is 11.1 Å². The number of rotatable bonds is 5. The Labute approximate surface area is 187 Å². The molecule has 8 nitrogen and oxygen atoms in total. The lowest BCUT2D eigenvalue weighted by Crippen LogP contribution is -2.47. The molecule has 2 saturated heterocycles. The average molecular weight is 437 g/mol. The van der Waals surface area contributed by atoms with E-state index in [1.165, 1.54) is 0 Å². The number of ether oxygens (including phenoxy) is 1. The normalized spacial score (nSPS) is 19.5. The molecule has 1 atom stereocenters. The molecule has 3 heterocycles. The first-order valence-electron chi connectivity index (χ1n) is 11.0. The lowest BCUT2D eigenvalue weighted by molar-refractivity contribution is -0.145. The van der Waals surface area contributed by atoms with Gasteiger partial charge in [0.1, 0.15) is 6.10 Å². The maximum atomic E-state index is 12.8. The summed E-state index contributed by atoms with van der Waals surface area (Å²) in [6.07, 6.45) is 4.82. The van der Waals surface area contributed by atoms with E-state index in [0.717, 1.165) is 36.1 Å². The van der Waals surface area contributed by atoms with Crippen LogP contribution in [0.4, 0.5) is 0 Å². The van der Waals surface area contributed by atoms with Crippen LogP contribution in [0.5, 0.6) is 0 Å². The maximum Gasteiger partial charge on any atom is 0.248 e. The van der Waals surface area contributed by atoms with Gasteiger partial charge in [-0.15, -0.1) is 0 Å². The lowest BCUT2D eigenvalue weighted by Gasteiger charge is -2.34. The monoisotopic (exact) mass is 436 g/mol. The van der Waals surface area contributed by atoms with Gasteiger partial charge < -0.3 is 20.3 Å². The predicted octanol–water partition coefficient (Wildman–Crippen LogP) is 2.15. The first-order valence-corrected chi connectivity index (χ1v) is 11.0. The number of nitrogens with two attached hydrogens (primary N) is 1. The minimum absolute atomic E-state index is 0.0477. The molecule has 0 bridgehead atoms. The zero-order valence-corrected chi connectivity index (χ0v) is 18.0. The van der Waals surface area contributed by atoms with Gasteiger partial charge in [0.25, 0.3) is 0 Å². The smallest absolute Gasteiger partial charge is 0.248 e. The molecule has 1 aromatic carbocycles.